The largest absolute Gasteiger partial charge is 0.494 e. The summed E-state index contributed by atoms with van der Waals surface area (Å²) in [7, 11) is 0. The van der Waals surface area contributed by atoms with Crippen molar-refractivity contribution in [2.24, 2.45) is 11.8 Å². The molecule has 3 saturated heterocycles. The number of ether oxygens (including phenoxy) is 1. The van der Waals surface area contributed by atoms with Gasteiger partial charge in [0.25, 0.3) is 0 Å². The first kappa shape index (κ1) is 19.4. The Balaban J connectivity index is 0.00000196. The number of benzene rings is 1. The first-order valence-electron chi connectivity index (χ1n) is 9.64. The third-order valence-electron chi connectivity index (χ3n) is 6.20. The summed E-state index contributed by atoms with van der Waals surface area (Å²) in [5, 5.41) is 12.2. The number of piperidine rings is 3. The van der Waals surface area contributed by atoms with Gasteiger partial charge in [-0.15, -0.1) is 12.4 Å². The molecule has 26 heavy (non-hydrogen) atoms. The number of rotatable bonds is 5. The van der Waals surface area contributed by atoms with Gasteiger partial charge in [-0.3, -0.25) is 9.88 Å². The fourth-order valence-corrected chi connectivity index (χ4v) is 4.84. The van der Waals surface area contributed by atoms with E-state index < -0.39 is 6.10 Å². The van der Waals surface area contributed by atoms with Gasteiger partial charge in [0, 0.05) is 24.2 Å². The van der Waals surface area contributed by atoms with Gasteiger partial charge in [-0.2, -0.15) is 0 Å². The molecule has 1 unspecified atom stereocenters. The van der Waals surface area contributed by atoms with Crippen molar-refractivity contribution < 1.29 is 9.84 Å². The molecular formula is C21H29ClN2O2. The molecule has 0 radical (unpaired) electrons. The highest BCUT2D eigenvalue weighted by atomic mass is 35.5. The molecule has 1 N–H and O–H groups in total. The summed E-state index contributed by atoms with van der Waals surface area (Å²) in [6.45, 7) is 7.18. The number of aliphatic hydroxyl groups is 1. The molecule has 3 fully saturated rings. The highest BCUT2D eigenvalue weighted by molar-refractivity contribution is 5.85. The van der Waals surface area contributed by atoms with E-state index in [0.29, 0.717) is 6.61 Å². The molecule has 0 saturated carbocycles. The van der Waals surface area contributed by atoms with E-state index in [-0.39, 0.29) is 18.4 Å². The van der Waals surface area contributed by atoms with E-state index in [1.807, 2.05) is 37.4 Å². The Morgan fingerprint density at radius 1 is 1.31 bits per heavy atom. The summed E-state index contributed by atoms with van der Waals surface area (Å²) in [4.78, 5) is 6.98. The van der Waals surface area contributed by atoms with Crippen LogP contribution in [0, 0.1) is 11.8 Å². The number of nitrogens with zero attached hydrogens (tertiary/aromatic N) is 2. The fraction of sp³-hybridized carbons (Fsp3) is 0.571. The van der Waals surface area contributed by atoms with Crippen LogP contribution in [0.15, 0.2) is 30.5 Å². The maximum absolute atomic E-state index is 11.2. The van der Waals surface area contributed by atoms with Crippen LogP contribution in [0.1, 0.15) is 44.8 Å². The normalized spacial score (nSPS) is 28.6. The Labute approximate surface area is 162 Å². The summed E-state index contributed by atoms with van der Waals surface area (Å²) in [5.41, 5.74) is 1.90. The third kappa shape index (κ3) is 3.42. The summed E-state index contributed by atoms with van der Waals surface area (Å²) in [6.07, 6.45) is 4.98. The van der Waals surface area contributed by atoms with Gasteiger partial charge in [0.15, 0.2) is 0 Å². The maximum atomic E-state index is 11.2. The zero-order chi connectivity index (χ0) is 17.4. The summed E-state index contributed by atoms with van der Waals surface area (Å²) in [5.74, 6) is 2.41. The van der Waals surface area contributed by atoms with Crippen molar-refractivity contribution in [2.75, 3.05) is 19.7 Å². The zero-order valence-electron chi connectivity index (χ0n) is 15.6. The molecule has 5 heteroatoms. The van der Waals surface area contributed by atoms with Crippen molar-refractivity contribution in [1.82, 2.24) is 9.88 Å². The third-order valence-corrected chi connectivity index (χ3v) is 6.20. The highest BCUT2D eigenvalue weighted by Crippen LogP contribution is 2.42. The Kier molecular flexibility index (Phi) is 6.06. The van der Waals surface area contributed by atoms with Gasteiger partial charge in [0.1, 0.15) is 5.75 Å². The summed E-state index contributed by atoms with van der Waals surface area (Å²) in [6, 6.07) is 8.16. The molecule has 4 nitrogen and oxygen atoms in total. The molecule has 3 aliphatic heterocycles. The lowest BCUT2D eigenvalue weighted by Gasteiger charge is -2.51. The average molecular weight is 377 g/mol. The van der Waals surface area contributed by atoms with E-state index >= 15 is 0 Å². The van der Waals surface area contributed by atoms with E-state index in [2.05, 4.69) is 16.8 Å². The molecular weight excluding hydrogens is 348 g/mol. The second-order valence-corrected chi connectivity index (χ2v) is 7.47. The second kappa shape index (κ2) is 8.12. The van der Waals surface area contributed by atoms with Gasteiger partial charge < -0.3 is 9.84 Å². The number of aliphatic hydroxyl groups excluding tert-OH is 1. The second-order valence-electron chi connectivity index (χ2n) is 7.47. The van der Waals surface area contributed by atoms with Crippen LogP contribution >= 0.6 is 12.4 Å². The van der Waals surface area contributed by atoms with Gasteiger partial charge >= 0.3 is 0 Å². The Hall–Kier alpha value is -1.36. The van der Waals surface area contributed by atoms with Crippen molar-refractivity contribution in [3.8, 4) is 5.75 Å². The molecule has 0 spiro atoms. The van der Waals surface area contributed by atoms with Crippen molar-refractivity contribution >= 4 is 23.3 Å². The van der Waals surface area contributed by atoms with Crippen LogP contribution in [0.5, 0.6) is 5.75 Å². The highest BCUT2D eigenvalue weighted by Gasteiger charge is 2.42. The van der Waals surface area contributed by atoms with Crippen LogP contribution < -0.4 is 4.74 Å². The predicted molar refractivity (Wildman–Crippen MR) is 107 cm³/mol. The molecule has 142 valence electrons. The van der Waals surface area contributed by atoms with Gasteiger partial charge in [-0.05, 0) is 68.0 Å². The Morgan fingerprint density at radius 3 is 2.85 bits per heavy atom. The van der Waals surface area contributed by atoms with Gasteiger partial charge in [0.2, 0.25) is 0 Å². The van der Waals surface area contributed by atoms with Gasteiger partial charge in [0.05, 0.1) is 18.2 Å². The number of aromatic nitrogens is 1. The van der Waals surface area contributed by atoms with Crippen LogP contribution in [0.2, 0.25) is 0 Å². The first-order valence-corrected chi connectivity index (χ1v) is 9.64. The zero-order valence-corrected chi connectivity index (χ0v) is 16.4. The standard InChI is InChI=1S/C21H28N2O2.ClH/c1-3-14-13-23-10-8-15(14)11-20(23)21(24)17-7-9-22-19-6-5-16(25-4-2)12-18(17)19;/h5-7,9,12,14-15,20-21,24H,3-4,8,10-11,13H2,1-2H3;1H/t14-,15+,20+,21-;/m1./s1. The molecule has 1 aromatic carbocycles. The van der Waals surface area contributed by atoms with E-state index in [0.717, 1.165) is 53.6 Å². The lowest BCUT2D eigenvalue weighted by molar-refractivity contribution is -0.0562. The lowest BCUT2D eigenvalue weighted by Crippen LogP contribution is -2.55. The SMILES string of the molecule is CCOc1ccc2nccc([C@@H](O)[C@@H]3C[C@@H]4CCN3C[C@H]4CC)c2c1.Cl. The number of hydrogen-bond acceptors (Lipinski definition) is 4. The fourth-order valence-electron chi connectivity index (χ4n) is 4.84. The quantitative estimate of drug-likeness (QED) is 0.849. The van der Waals surface area contributed by atoms with E-state index in [9.17, 15) is 5.11 Å². The van der Waals surface area contributed by atoms with Crippen LogP contribution in [-0.2, 0) is 0 Å². The smallest absolute Gasteiger partial charge is 0.120 e. The average Bonchev–Trinajstić information content (AvgIpc) is 2.67. The molecule has 4 heterocycles. The summed E-state index contributed by atoms with van der Waals surface area (Å²) >= 11 is 0. The summed E-state index contributed by atoms with van der Waals surface area (Å²) < 4.78 is 5.65. The van der Waals surface area contributed by atoms with E-state index in [1.165, 1.54) is 12.8 Å². The van der Waals surface area contributed by atoms with Crippen LogP contribution in [0.4, 0.5) is 0 Å². The number of fused-ring (bicyclic) bond motifs is 4. The lowest BCUT2D eigenvalue weighted by atomic mass is 9.72. The van der Waals surface area contributed by atoms with Crippen molar-refractivity contribution in [3.63, 3.8) is 0 Å². The minimum Gasteiger partial charge on any atom is -0.494 e. The Morgan fingerprint density at radius 2 is 2.15 bits per heavy atom. The molecule has 2 aromatic rings. The Bertz CT molecular complexity index is 754. The topological polar surface area (TPSA) is 45.6 Å². The van der Waals surface area contributed by atoms with E-state index in [1.54, 1.807) is 0 Å². The van der Waals surface area contributed by atoms with Crippen molar-refractivity contribution in [1.29, 1.82) is 0 Å². The molecule has 2 bridgehead atoms. The van der Waals surface area contributed by atoms with E-state index in [4.69, 9.17) is 4.74 Å². The minimum absolute atomic E-state index is 0. The molecule has 5 rings (SSSR count). The van der Waals surface area contributed by atoms with Gasteiger partial charge in [-0.25, -0.2) is 0 Å². The number of pyridine rings is 1. The van der Waals surface area contributed by atoms with Crippen LogP contribution in [0.3, 0.4) is 0 Å². The molecule has 3 aliphatic rings. The first-order chi connectivity index (χ1) is 12.2. The van der Waals surface area contributed by atoms with Crippen molar-refractivity contribution in [3.05, 3.63) is 36.0 Å². The maximum Gasteiger partial charge on any atom is 0.120 e. The molecule has 5 atom stereocenters. The van der Waals surface area contributed by atoms with Gasteiger partial charge in [-0.1, -0.05) is 13.3 Å². The number of hydrogen-bond donors (Lipinski definition) is 1. The van der Waals surface area contributed by atoms with Crippen LogP contribution in [-0.4, -0.2) is 40.7 Å². The van der Waals surface area contributed by atoms with Crippen LogP contribution in [0.25, 0.3) is 10.9 Å². The number of halogens is 1. The monoisotopic (exact) mass is 376 g/mol. The van der Waals surface area contributed by atoms with Crippen molar-refractivity contribution in [2.45, 2.75) is 45.3 Å². The molecule has 1 aromatic heterocycles. The molecule has 0 amide bonds. The predicted octanol–water partition coefficient (Wildman–Crippen LogP) is 4.21. The molecule has 0 aliphatic carbocycles. The minimum atomic E-state index is -0.469.